The molecule has 0 spiro atoms. The Hall–Kier alpha value is -0.0800. The summed E-state index contributed by atoms with van der Waals surface area (Å²) in [6, 6.07) is 0. The monoisotopic (exact) mass is 243 g/mol. The van der Waals surface area contributed by atoms with Crippen LogP contribution in [0.3, 0.4) is 0 Å². The van der Waals surface area contributed by atoms with Gasteiger partial charge in [0.2, 0.25) is 0 Å². The van der Waals surface area contributed by atoms with Crippen molar-refractivity contribution in [2.24, 2.45) is 5.41 Å². The Bertz CT molecular complexity index is 157. The minimum absolute atomic E-state index is 0.345. The maximum absolute atomic E-state index is 8.66. The highest BCUT2D eigenvalue weighted by molar-refractivity contribution is 4.71. The van der Waals surface area contributed by atoms with Gasteiger partial charge in [0.05, 0.1) is 0 Å². The molecular formula is C15H33NO. The van der Waals surface area contributed by atoms with Crippen molar-refractivity contribution in [3.8, 4) is 0 Å². The molecule has 0 atom stereocenters. The van der Waals surface area contributed by atoms with Crippen LogP contribution in [0.5, 0.6) is 0 Å². The fourth-order valence-electron chi connectivity index (χ4n) is 2.08. The Morgan fingerprint density at radius 3 is 2.29 bits per heavy atom. The normalized spacial score (nSPS) is 12.0. The zero-order valence-electron chi connectivity index (χ0n) is 12.2. The predicted octanol–water partition coefficient (Wildman–Crippen LogP) is 3.74. The van der Waals surface area contributed by atoms with E-state index in [2.05, 4.69) is 26.1 Å². The minimum atomic E-state index is 0.345. The topological polar surface area (TPSA) is 32.3 Å². The first-order chi connectivity index (χ1) is 8.12. The number of rotatable bonds is 12. The van der Waals surface area contributed by atoms with Gasteiger partial charge < -0.3 is 10.4 Å². The van der Waals surface area contributed by atoms with Gasteiger partial charge in [0, 0.05) is 13.2 Å². The molecule has 0 aromatic heterocycles. The molecule has 0 saturated carbocycles. The molecule has 104 valence electrons. The van der Waals surface area contributed by atoms with Crippen LogP contribution in [0.25, 0.3) is 0 Å². The lowest BCUT2D eigenvalue weighted by molar-refractivity contribution is 0.281. The average molecular weight is 243 g/mol. The van der Waals surface area contributed by atoms with Gasteiger partial charge in [-0.3, -0.25) is 0 Å². The number of unbranched alkanes of at least 4 members (excludes halogenated alkanes) is 5. The molecule has 0 heterocycles. The highest BCUT2D eigenvalue weighted by Gasteiger charge is 2.16. The van der Waals surface area contributed by atoms with E-state index in [1.807, 2.05) is 0 Å². The van der Waals surface area contributed by atoms with Crippen LogP contribution in [0.15, 0.2) is 0 Å². The predicted molar refractivity (Wildman–Crippen MR) is 76.3 cm³/mol. The molecule has 0 aliphatic carbocycles. The van der Waals surface area contributed by atoms with Gasteiger partial charge in [0.25, 0.3) is 0 Å². The van der Waals surface area contributed by atoms with Crippen molar-refractivity contribution in [1.82, 2.24) is 5.32 Å². The molecule has 0 aliphatic rings. The maximum atomic E-state index is 8.66. The lowest BCUT2D eigenvalue weighted by Gasteiger charge is -2.25. The molecule has 0 rings (SSSR count). The maximum Gasteiger partial charge on any atom is 0.0431 e. The van der Waals surface area contributed by atoms with Gasteiger partial charge in [-0.05, 0) is 31.2 Å². The highest BCUT2D eigenvalue weighted by Crippen LogP contribution is 2.22. The summed E-state index contributed by atoms with van der Waals surface area (Å²) in [5, 5.41) is 12.2. The Kier molecular flexibility index (Phi) is 11.0. The summed E-state index contributed by atoms with van der Waals surface area (Å²) < 4.78 is 0. The second-order valence-electron chi connectivity index (χ2n) is 5.94. The summed E-state index contributed by atoms with van der Waals surface area (Å²) in [5.74, 6) is 0. The molecule has 0 radical (unpaired) electrons. The molecule has 0 aromatic rings. The van der Waals surface area contributed by atoms with E-state index in [0.717, 1.165) is 25.9 Å². The standard InChI is InChI=1S/C15H33NO/c1-4-5-8-11-15(2,3)14-16-12-9-6-7-10-13-17/h16-17H,4-14H2,1-3H3. The van der Waals surface area contributed by atoms with E-state index in [4.69, 9.17) is 5.11 Å². The van der Waals surface area contributed by atoms with Gasteiger partial charge >= 0.3 is 0 Å². The molecule has 0 saturated heterocycles. The summed E-state index contributed by atoms with van der Waals surface area (Å²) in [7, 11) is 0. The van der Waals surface area contributed by atoms with E-state index < -0.39 is 0 Å². The average Bonchev–Trinajstić information content (AvgIpc) is 2.28. The summed E-state index contributed by atoms with van der Waals surface area (Å²) in [5.41, 5.74) is 0.445. The molecule has 2 nitrogen and oxygen atoms in total. The first kappa shape index (κ1) is 16.9. The third-order valence-corrected chi connectivity index (χ3v) is 3.32. The van der Waals surface area contributed by atoms with Gasteiger partial charge in [0.1, 0.15) is 0 Å². The molecule has 0 bridgehead atoms. The van der Waals surface area contributed by atoms with Crippen LogP contribution in [-0.2, 0) is 0 Å². The van der Waals surface area contributed by atoms with E-state index in [-0.39, 0.29) is 0 Å². The van der Waals surface area contributed by atoms with E-state index in [9.17, 15) is 0 Å². The smallest absolute Gasteiger partial charge is 0.0431 e. The number of aliphatic hydroxyl groups excluding tert-OH is 1. The molecule has 0 amide bonds. The second kappa shape index (κ2) is 11.0. The van der Waals surface area contributed by atoms with Crippen LogP contribution in [0, 0.1) is 5.41 Å². The van der Waals surface area contributed by atoms with Crippen molar-refractivity contribution < 1.29 is 5.11 Å². The number of hydrogen-bond acceptors (Lipinski definition) is 2. The largest absolute Gasteiger partial charge is 0.396 e. The Morgan fingerprint density at radius 2 is 1.65 bits per heavy atom. The number of aliphatic hydroxyl groups is 1. The first-order valence-electron chi connectivity index (χ1n) is 7.44. The third kappa shape index (κ3) is 12.2. The van der Waals surface area contributed by atoms with E-state index in [0.29, 0.717) is 12.0 Å². The molecule has 0 aromatic carbocycles. The van der Waals surface area contributed by atoms with E-state index >= 15 is 0 Å². The van der Waals surface area contributed by atoms with Gasteiger partial charge in [-0.25, -0.2) is 0 Å². The lowest BCUT2D eigenvalue weighted by atomic mass is 9.87. The molecule has 0 fully saturated rings. The summed E-state index contributed by atoms with van der Waals surface area (Å²) in [6.07, 6.45) is 9.98. The molecule has 17 heavy (non-hydrogen) atoms. The third-order valence-electron chi connectivity index (χ3n) is 3.32. The van der Waals surface area contributed by atoms with Crippen molar-refractivity contribution in [3.63, 3.8) is 0 Å². The second-order valence-corrected chi connectivity index (χ2v) is 5.94. The summed E-state index contributed by atoms with van der Waals surface area (Å²) in [6.45, 7) is 9.59. The van der Waals surface area contributed by atoms with Crippen LogP contribution in [0.1, 0.15) is 72.1 Å². The number of nitrogens with one attached hydrogen (secondary N) is 1. The van der Waals surface area contributed by atoms with Gasteiger partial charge in [0.15, 0.2) is 0 Å². The SMILES string of the molecule is CCCCCC(C)(C)CNCCCCCCO. The summed E-state index contributed by atoms with van der Waals surface area (Å²) >= 11 is 0. The Morgan fingerprint density at radius 1 is 0.941 bits per heavy atom. The Labute approximate surface area is 108 Å². The van der Waals surface area contributed by atoms with Crippen molar-refractivity contribution in [1.29, 1.82) is 0 Å². The molecular weight excluding hydrogens is 210 g/mol. The fraction of sp³-hybridized carbons (Fsp3) is 1.00. The minimum Gasteiger partial charge on any atom is -0.396 e. The van der Waals surface area contributed by atoms with Crippen molar-refractivity contribution >= 4 is 0 Å². The zero-order chi connectivity index (χ0) is 13.0. The van der Waals surface area contributed by atoms with Crippen LogP contribution in [-0.4, -0.2) is 24.8 Å². The van der Waals surface area contributed by atoms with Gasteiger partial charge in [-0.1, -0.05) is 52.9 Å². The zero-order valence-corrected chi connectivity index (χ0v) is 12.2. The molecule has 0 unspecified atom stereocenters. The van der Waals surface area contributed by atoms with Gasteiger partial charge in [-0.2, -0.15) is 0 Å². The molecule has 2 N–H and O–H groups in total. The van der Waals surface area contributed by atoms with Crippen molar-refractivity contribution in [2.75, 3.05) is 19.7 Å². The highest BCUT2D eigenvalue weighted by atomic mass is 16.2. The van der Waals surface area contributed by atoms with E-state index in [1.165, 1.54) is 38.5 Å². The first-order valence-corrected chi connectivity index (χ1v) is 7.44. The van der Waals surface area contributed by atoms with Crippen LogP contribution in [0.4, 0.5) is 0 Å². The number of hydrogen-bond donors (Lipinski definition) is 2. The quantitative estimate of drug-likeness (QED) is 0.512. The van der Waals surface area contributed by atoms with Crippen LogP contribution >= 0.6 is 0 Å². The van der Waals surface area contributed by atoms with Crippen molar-refractivity contribution in [3.05, 3.63) is 0 Å². The lowest BCUT2D eigenvalue weighted by Crippen LogP contribution is -2.30. The molecule has 0 aliphatic heterocycles. The molecule has 2 heteroatoms. The summed E-state index contributed by atoms with van der Waals surface area (Å²) in [4.78, 5) is 0. The van der Waals surface area contributed by atoms with Crippen molar-refractivity contribution in [2.45, 2.75) is 72.1 Å². The Balaban J connectivity index is 3.32. The van der Waals surface area contributed by atoms with Crippen LogP contribution < -0.4 is 5.32 Å². The fourth-order valence-corrected chi connectivity index (χ4v) is 2.08. The van der Waals surface area contributed by atoms with Crippen LogP contribution in [0.2, 0.25) is 0 Å². The van der Waals surface area contributed by atoms with E-state index in [1.54, 1.807) is 0 Å². The van der Waals surface area contributed by atoms with Gasteiger partial charge in [-0.15, -0.1) is 0 Å².